The van der Waals surface area contributed by atoms with Crippen molar-refractivity contribution in [2.45, 2.75) is 19.3 Å². The fraction of sp³-hybridized carbons (Fsp3) is 0.350. The van der Waals surface area contributed by atoms with E-state index in [1.54, 1.807) is 29.0 Å². The number of piperidine rings is 1. The first-order valence-corrected chi connectivity index (χ1v) is 10.6. The van der Waals surface area contributed by atoms with Crippen LogP contribution < -0.4 is 15.1 Å². The zero-order valence-electron chi connectivity index (χ0n) is 16.4. The summed E-state index contributed by atoms with van der Waals surface area (Å²) in [6, 6.07) is 7.10. The second-order valence-electron chi connectivity index (χ2n) is 7.15. The molecule has 3 heterocycles. The molecule has 30 heavy (non-hydrogen) atoms. The van der Waals surface area contributed by atoms with E-state index in [2.05, 4.69) is 15.4 Å². The number of thiophene rings is 1. The van der Waals surface area contributed by atoms with Crippen LogP contribution in [0.4, 0.5) is 11.6 Å². The van der Waals surface area contributed by atoms with Gasteiger partial charge in [0.1, 0.15) is 5.52 Å². The molecule has 156 valence electrons. The van der Waals surface area contributed by atoms with Crippen molar-refractivity contribution in [2.24, 2.45) is 5.92 Å². The molecule has 10 heteroatoms. The van der Waals surface area contributed by atoms with Crippen molar-refractivity contribution >= 4 is 45.9 Å². The number of benzene rings is 1. The molecule has 0 radical (unpaired) electrons. The van der Waals surface area contributed by atoms with Crippen LogP contribution in [0, 0.1) is 11.1 Å². The summed E-state index contributed by atoms with van der Waals surface area (Å²) >= 11 is 1.33. The zero-order chi connectivity index (χ0) is 21.1. The minimum atomic E-state index is -0.467. The lowest BCUT2D eigenvalue weighted by Crippen LogP contribution is -2.40. The van der Waals surface area contributed by atoms with E-state index in [-0.39, 0.29) is 11.8 Å². The van der Waals surface area contributed by atoms with Gasteiger partial charge in [-0.2, -0.15) is 0 Å². The summed E-state index contributed by atoms with van der Waals surface area (Å²) in [6.45, 7) is 1.34. The highest BCUT2D eigenvalue weighted by Gasteiger charge is 2.25. The molecule has 1 N–H and O–H groups in total. The lowest BCUT2D eigenvalue weighted by atomic mass is 9.93. The maximum Gasteiger partial charge on any atom is 0.340 e. The number of anilines is 2. The second-order valence-corrected chi connectivity index (χ2v) is 7.89. The van der Waals surface area contributed by atoms with E-state index in [1.165, 1.54) is 18.4 Å². The van der Waals surface area contributed by atoms with Crippen molar-refractivity contribution in [3.05, 3.63) is 45.8 Å². The summed E-state index contributed by atoms with van der Waals surface area (Å²) in [4.78, 5) is 31.3. The highest BCUT2D eigenvalue weighted by molar-refractivity contribution is 7.08. The standard InChI is InChI=1S/C20H21N5O4S/c1-29-19(27)14-11-30-12-16(14)21-18(26)10-13-6-8-24(9-7-13)20-22-15-4-2-3-5-17(15)25(28)23-20/h2-5,11-13H,6-10H2,1H3,(H,21,26). The van der Waals surface area contributed by atoms with Gasteiger partial charge in [0.2, 0.25) is 5.91 Å². The van der Waals surface area contributed by atoms with Crippen molar-refractivity contribution < 1.29 is 19.2 Å². The number of hydrogen-bond acceptors (Lipinski definition) is 8. The predicted molar refractivity (Wildman–Crippen MR) is 112 cm³/mol. The number of nitrogens with zero attached hydrogens (tertiary/aromatic N) is 4. The molecule has 0 saturated carbocycles. The Hall–Kier alpha value is -3.27. The Morgan fingerprint density at radius 3 is 2.83 bits per heavy atom. The molecule has 1 fully saturated rings. The smallest absolute Gasteiger partial charge is 0.340 e. The number of esters is 1. The molecular formula is C20H21N5O4S. The minimum absolute atomic E-state index is 0.128. The minimum Gasteiger partial charge on any atom is -0.594 e. The molecule has 1 amide bonds. The molecule has 0 atom stereocenters. The van der Waals surface area contributed by atoms with Gasteiger partial charge in [0.25, 0.3) is 11.5 Å². The zero-order valence-corrected chi connectivity index (χ0v) is 17.2. The average Bonchev–Trinajstić information content (AvgIpc) is 3.21. The van der Waals surface area contributed by atoms with Gasteiger partial charge in [-0.05, 0) is 29.7 Å². The third-order valence-electron chi connectivity index (χ3n) is 5.20. The largest absolute Gasteiger partial charge is 0.594 e. The molecule has 2 aromatic heterocycles. The quantitative estimate of drug-likeness (QED) is 0.378. The SMILES string of the molecule is COC(=O)c1cscc1NC(=O)CC1CCN(c2nc3ccccc3[n+]([O-])n2)CC1. The molecule has 0 spiro atoms. The van der Waals surface area contributed by atoms with Crippen molar-refractivity contribution in [3.8, 4) is 0 Å². The number of hydrogen-bond donors (Lipinski definition) is 1. The van der Waals surface area contributed by atoms with Crippen molar-refractivity contribution in [2.75, 3.05) is 30.4 Å². The third-order valence-corrected chi connectivity index (χ3v) is 5.94. The topological polar surface area (TPSA) is 111 Å². The van der Waals surface area contributed by atoms with Gasteiger partial charge in [-0.1, -0.05) is 12.1 Å². The first kappa shape index (κ1) is 20.0. The number of rotatable bonds is 5. The summed E-state index contributed by atoms with van der Waals surface area (Å²) in [5.74, 6) is 0.0242. The molecule has 0 unspecified atom stereocenters. The first-order valence-electron chi connectivity index (χ1n) is 9.61. The number of carbonyl (C=O) groups excluding carboxylic acids is 2. The summed E-state index contributed by atoms with van der Waals surface area (Å²) in [7, 11) is 1.31. The van der Waals surface area contributed by atoms with Crippen molar-refractivity contribution in [1.29, 1.82) is 0 Å². The molecule has 0 bridgehead atoms. The van der Waals surface area contributed by atoms with E-state index >= 15 is 0 Å². The number of para-hydroxylation sites is 2. The van der Waals surface area contributed by atoms with Crippen LogP contribution in [0.1, 0.15) is 29.6 Å². The maximum absolute atomic E-state index is 12.4. The summed E-state index contributed by atoms with van der Waals surface area (Å²) in [5.41, 5.74) is 1.90. The maximum atomic E-state index is 12.4. The molecule has 3 aromatic rings. The van der Waals surface area contributed by atoms with E-state index in [1.807, 2.05) is 11.0 Å². The Balaban J connectivity index is 1.34. The van der Waals surface area contributed by atoms with Crippen LogP contribution in [0.5, 0.6) is 0 Å². The Labute approximate surface area is 176 Å². The van der Waals surface area contributed by atoms with Gasteiger partial charge in [0.15, 0.2) is 0 Å². The predicted octanol–water partition coefficient (Wildman–Crippen LogP) is 2.36. The lowest BCUT2D eigenvalue weighted by Gasteiger charge is -2.31. The summed E-state index contributed by atoms with van der Waals surface area (Å²) in [5, 5.41) is 22.4. The van der Waals surface area contributed by atoms with Crippen molar-refractivity contribution in [1.82, 2.24) is 10.1 Å². The highest BCUT2D eigenvalue weighted by atomic mass is 32.1. The fourth-order valence-corrected chi connectivity index (χ4v) is 4.33. The molecule has 1 aliphatic rings. The monoisotopic (exact) mass is 427 g/mol. The van der Waals surface area contributed by atoms with Gasteiger partial charge in [0, 0.05) is 36.3 Å². The number of amides is 1. The fourth-order valence-electron chi connectivity index (χ4n) is 3.58. The van der Waals surface area contributed by atoms with Crippen LogP contribution in [0.15, 0.2) is 35.0 Å². The summed E-state index contributed by atoms with van der Waals surface area (Å²) in [6.07, 6.45) is 1.94. The Bertz CT molecular complexity index is 1080. The number of aromatic nitrogens is 3. The molecule has 1 aromatic carbocycles. The Kier molecular flexibility index (Phi) is 5.75. The van der Waals surface area contributed by atoms with Crippen LogP contribution >= 0.6 is 11.3 Å². The normalized spacial score (nSPS) is 14.6. The Morgan fingerprint density at radius 1 is 1.30 bits per heavy atom. The van der Waals surface area contributed by atoms with E-state index in [0.29, 0.717) is 52.6 Å². The number of nitrogens with one attached hydrogen (secondary N) is 1. The van der Waals surface area contributed by atoms with Gasteiger partial charge in [-0.15, -0.1) is 11.3 Å². The molecular weight excluding hydrogens is 406 g/mol. The van der Waals surface area contributed by atoms with Crippen LogP contribution in [0.3, 0.4) is 0 Å². The van der Waals surface area contributed by atoms with Crippen LogP contribution in [0.25, 0.3) is 11.0 Å². The van der Waals surface area contributed by atoms with Gasteiger partial charge in [-0.3, -0.25) is 4.79 Å². The molecule has 4 rings (SSSR count). The lowest BCUT2D eigenvalue weighted by molar-refractivity contribution is -0.641. The number of fused-ring (bicyclic) bond motifs is 1. The second kappa shape index (κ2) is 8.62. The van der Waals surface area contributed by atoms with E-state index in [9.17, 15) is 14.8 Å². The van der Waals surface area contributed by atoms with Crippen LogP contribution in [-0.4, -0.2) is 42.2 Å². The van der Waals surface area contributed by atoms with E-state index in [0.717, 1.165) is 12.8 Å². The van der Waals surface area contributed by atoms with Gasteiger partial charge in [-0.25, -0.2) is 9.78 Å². The average molecular weight is 427 g/mol. The molecule has 9 nitrogen and oxygen atoms in total. The Morgan fingerprint density at radius 2 is 2.07 bits per heavy atom. The van der Waals surface area contributed by atoms with Crippen molar-refractivity contribution in [3.63, 3.8) is 0 Å². The van der Waals surface area contributed by atoms with E-state index in [4.69, 9.17) is 4.74 Å². The number of carbonyl (C=O) groups is 2. The van der Waals surface area contributed by atoms with Gasteiger partial charge < -0.3 is 20.2 Å². The molecule has 0 aliphatic carbocycles. The molecule has 1 saturated heterocycles. The van der Waals surface area contributed by atoms with Gasteiger partial charge in [0.05, 0.1) is 23.5 Å². The molecule has 1 aliphatic heterocycles. The van der Waals surface area contributed by atoms with Crippen LogP contribution in [0.2, 0.25) is 0 Å². The van der Waals surface area contributed by atoms with Crippen LogP contribution in [-0.2, 0) is 9.53 Å². The van der Waals surface area contributed by atoms with E-state index < -0.39 is 5.97 Å². The first-order chi connectivity index (χ1) is 14.5. The highest BCUT2D eigenvalue weighted by Crippen LogP contribution is 2.26. The number of methoxy groups -OCH3 is 1. The summed E-state index contributed by atoms with van der Waals surface area (Å²) < 4.78 is 4.73. The third kappa shape index (κ3) is 4.18. The number of ether oxygens (including phenoxy) is 1. The van der Waals surface area contributed by atoms with Gasteiger partial charge >= 0.3 is 5.97 Å².